The number of rotatable bonds is 55. The molecule has 0 aliphatic heterocycles. The standard InChI is InChI=1S/C68H114O6/c1-4-7-10-13-16-19-22-25-27-29-30-31-32-33-34-35-36-37-38-39-41-43-46-49-52-55-58-61-67(70)73-64-65(63-72-66(69)60-57-54-51-48-45-42-24-21-18-15-12-9-6-3)74-68(71)62-59-56-53-50-47-44-40-28-26-23-20-17-14-11-8-5-2/h7,9-10,12,16,18-21,23,25,27-28,30-31,40,42,45,65H,4-6,8,11,13-15,17,22,24,26,29,32-39,41,43-44,46-64H2,1-3H3/b10-7-,12-9-,19-16-,21-18-,23-20-,27-25-,31-30-,40-28-,45-42-. The van der Waals surface area contributed by atoms with Gasteiger partial charge in [-0.05, 0) is 122 Å². The molecule has 0 amide bonds. The molecule has 422 valence electrons. The van der Waals surface area contributed by atoms with Crippen LogP contribution in [0.2, 0.25) is 0 Å². The fraction of sp³-hybridized carbons (Fsp3) is 0.691. The SMILES string of the molecule is CC/C=C\C/C=C\C/C=C\C/C=C\CCCCCCCCCCCCCCCCC(=O)OCC(COC(=O)CCCCC/C=C\C/C=C\C/C=C\CC)OC(=O)CCCCCCC/C=C\C/C=C\CCCCCC. The van der Waals surface area contributed by atoms with E-state index in [9.17, 15) is 14.4 Å². The van der Waals surface area contributed by atoms with Crippen LogP contribution in [0.1, 0.15) is 284 Å². The first-order valence-electron chi connectivity index (χ1n) is 30.9. The lowest BCUT2D eigenvalue weighted by Crippen LogP contribution is -2.30. The second-order valence-corrected chi connectivity index (χ2v) is 20.2. The summed E-state index contributed by atoms with van der Waals surface area (Å²) in [4.78, 5) is 38.2. The van der Waals surface area contributed by atoms with Gasteiger partial charge in [0.2, 0.25) is 0 Å². The number of ether oxygens (including phenoxy) is 3. The number of carbonyl (C=O) groups is 3. The van der Waals surface area contributed by atoms with Crippen LogP contribution in [-0.4, -0.2) is 37.2 Å². The average molecular weight is 1030 g/mol. The molecule has 0 aliphatic rings. The molecule has 0 rings (SSSR count). The van der Waals surface area contributed by atoms with Crippen LogP contribution < -0.4 is 0 Å². The van der Waals surface area contributed by atoms with Crippen molar-refractivity contribution in [2.75, 3.05) is 13.2 Å². The Bertz CT molecular complexity index is 1510. The van der Waals surface area contributed by atoms with Gasteiger partial charge in [-0.25, -0.2) is 0 Å². The Kier molecular flexibility index (Phi) is 58.3. The summed E-state index contributed by atoms with van der Waals surface area (Å²) >= 11 is 0. The predicted octanol–water partition coefficient (Wildman–Crippen LogP) is 21.0. The van der Waals surface area contributed by atoms with Crippen molar-refractivity contribution in [1.82, 2.24) is 0 Å². The predicted molar refractivity (Wildman–Crippen MR) is 320 cm³/mol. The Morgan fingerprint density at radius 3 is 0.838 bits per heavy atom. The molecule has 6 heteroatoms. The molecule has 0 aromatic rings. The number of hydrogen-bond acceptors (Lipinski definition) is 6. The Morgan fingerprint density at radius 2 is 0.527 bits per heavy atom. The molecule has 74 heavy (non-hydrogen) atoms. The molecular formula is C68H114O6. The zero-order valence-electron chi connectivity index (χ0n) is 48.3. The van der Waals surface area contributed by atoms with E-state index in [1.165, 1.54) is 109 Å². The van der Waals surface area contributed by atoms with Gasteiger partial charge in [-0.15, -0.1) is 0 Å². The number of carbonyl (C=O) groups excluding carboxylic acids is 3. The number of hydrogen-bond donors (Lipinski definition) is 0. The lowest BCUT2D eigenvalue weighted by Gasteiger charge is -2.18. The second-order valence-electron chi connectivity index (χ2n) is 20.2. The van der Waals surface area contributed by atoms with Crippen molar-refractivity contribution in [3.05, 3.63) is 109 Å². The third kappa shape index (κ3) is 59.0. The molecular weight excluding hydrogens is 913 g/mol. The third-order valence-corrected chi connectivity index (χ3v) is 13.0. The van der Waals surface area contributed by atoms with E-state index < -0.39 is 6.10 Å². The van der Waals surface area contributed by atoms with Gasteiger partial charge in [0.25, 0.3) is 0 Å². The molecule has 0 aromatic heterocycles. The van der Waals surface area contributed by atoms with Crippen molar-refractivity contribution in [1.29, 1.82) is 0 Å². The van der Waals surface area contributed by atoms with E-state index >= 15 is 0 Å². The van der Waals surface area contributed by atoms with E-state index in [-0.39, 0.29) is 31.1 Å². The molecule has 0 bridgehead atoms. The topological polar surface area (TPSA) is 78.9 Å². The van der Waals surface area contributed by atoms with Crippen molar-refractivity contribution < 1.29 is 28.6 Å². The summed E-state index contributed by atoms with van der Waals surface area (Å²) < 4.78 is 16.9. The average Bonchev–Trinajstić information content (AvgIpc) is 3.40. The van der Waals surface area contributed by atoms with Gasteiger partial charge in [-0.2, -0.15) is 0 Å². The van der Waals surface area contributed by atoms with Crippen LogP contribution in [0.25, 0.3) is 0 Å². The zero-order chi connectivity index (χ0) is 53.6. The van der Waals surface area contributed by atoms with Crippen molar-refractivity contribution in [3.8, 4) is 0 Å². The van der Waals surface area contributed by atoms with Crippen LogP contribution in [0, 0.1) is 0 Å². The van der Waals surface area contributed by atoms with E-state index in [1.807, 2.05) is 0 Å². The lowest BCUT2D eigenvalue weighted by atomic mass is 10.0. The van der Waals surface area contributed by atoms with E-state index in [4.69, 9.17) is 14.2 Å². The summed E-state index contributed by atoms with van der Waals surface area (Å²) in [5.74, 6) is -0.934. The first-order chi connectivity index (χ1) is 36.5. The molecule has 0 N–H and O–H groups in total. The first-order valence-corrected chi connectivity index (χ1v) is 30.9. The van der Waals surface area contributed by atoms with Crippen molar-refractivity contribution in [2.45, 2.75) is 290 Å². The molecule has 0 aromatic carbocycles. The smallest absolute Gasteiger partial charge is 0.306 e. The van der Waals surface area contributed by atoms with Crippen LogP contribution in [-0.2, 0) is 28.6 Å². The highest BCUT2D eigenvalue weighted by atomic mass is 16.6. The van der Waals surface area contributed by atoms with Crippen molar-refractivity contribution >= 4 is 17.9 Å². The normalized spacial score (nSPS) is 12.9. The Hall–Kier alpha value is -3.93. The van der Waals surface area contributed by atoms with Gasteiger partial charge < -0.3 is 14.2 Å². The molecule has 0 saturated carbocycles. The van der Waals surface area contributed by atoms with Crippen molar-refractivity contribution in [2.24, 2.45) is 0 Å². The van der Waals surface area contributed by atoms with Gasteiger partial charge >= 0.3 is 17.9 Å². The summed E-state index contributed by atoms with van der Waals surface area (Å²) in [7, 11) is 0. The van der Waals surface area contributed by atoms with Gasteiger partial charge in [0.1, 0.15) is 13.2 Å². The van der Waals surface area contributed by atoms with Gasteiger partial charge in [0.15, 0.2) is 6.10 Å². The summed E-state index contributed by atoms with van der Waals surface area (Å²) in [5, 5.41) is 0. The molecule has 0 spiro atoms. The molecule has 0 heterocycles. The Balaban J connectivity index is 4.30. The highest BCUT2D eigenvalue weighted by molar-refractivity contribution is 5.71. The quantitative estimate of drug-likeness (QED) is 0.0261. The van der Waals surface area contributed by atoms with Crippen LogP contribution >= 0.6 is 0 Å². The third-order valence-electron chi connectivity index (χ3n) is 13.0. The molecule has 0 radical (unpaired) electrons. The number of unbranched alkanes of at least 4 members (excludes halogenated alkanes) is 26. The summed E-state index contributed by atoms with van der Waals surface area (Å²) in [5.41, 5.74) is 0. The molecule has 1 unspecified atom stereocenters. The highest BCUT2D eigenvalue weighted by Crippen LogP contribution is 2.16. The maximum absolute atomic E-state index is 12.9. The van der Waals surface area contributed by atoms with Crippen LogP contribution in [0.4, 0.5) is 0 Å². The fourth-order valence-electron chi connectivity index (χ4n) is 8.42. The summed E-state index contributed by atoms with van der Waals surface area (Å²) in [6, 6.07) is 0. The molecule has 1 atom stereocenters. The van der Waals surface area contributed by atoms with Crippen LogP contribution in [0.3, 0.4) is 0 Å². The molecule has 6 nitrogen and oxygen atoms in total. The molecule has 0 saturated heterocycles. The maximum Gasteiger partial charge on any atom is 0.306 e. The summed E-state index contributed by atoms with van der Waals surface area (Å²) in [6.07, 6.45) is 83.8. The monoisotopic (exact) mass is 1030 g/mol. The van der Waals surface area contributed by atoms with Gasteiger partial charge in [-0.1, -0.05) is 252 Å². The zero-order valence-corrected chi connectivity index (χ0v) is 48.3. The largest absolute Gasteiger partial charge is 0.462 e. The minimum Gasteiger partial charge on any atom is -0.462 e. The van der Waals surface area contributed by atoms with E-state index in [0.717, 1.165) is 135 Å². The van der Waals surface area contributed by atoms with Gasteiger partial charge in [0, 0.05) is 19.3 Å². The van der Waals surface area contributed by atoms with E-state index in [0.29, 0.717) is 19.3 Å². The lowest BCUT2D eigenvalue weighted by molar-refractivity contribution is -0.167. The van der Waals surface area contributed by atoms with E-state index in [1.54, 1.807) is 0 Å². The number of allylic oxidation sites excluding steroid dienone is 18. The Labute approximate surface area is 457 Å². The van der Waals surface area contributed by atoms with Crippen LogP contribution in [0.5, 0.6) is 0 Å². The molecule has 0 fully saturated rings. The minimum absolute atomic E-state index is 0.0935. The Morgan fingerprint density at radius 1 is 0.284 bits per heavy atom. The van der Waals surface area contributed by atoms with Gasteiger partial charge in [-0.3, -0.25) is 14.4 Å². The highest BCUT2D eigenvalue weighted by Gasteiger charge is 2.19. The second kappa shape index (κ2) is 61.6. The number of esters is 3. The molecule has 0 aliphatic carbocycles. The van der Waals surface area contributed by atoms with E-state index in [2.05, 4.69) is 130 Å². The van der Waals surface area contributed by atoms with Crippen LogP contribution in [0.15, 0.2) is 109 Å². The van der Waals surface area contributed by atoms with Gasteiger partial charge in [0.05, 0.1) is 0 Å². The van der Waals surface area contributed by atoms with Crippen molar-refractivity contribution in [3.63, 3.8) is 0 Å². The fourth-order valence-corrected chi connectivity index (χ4v) is 8.42. The minimum atomic E-state index is -0.799. The maximum atomic E-state index is 12.9. The first kappa shape index (κ1) is 70.1. The summed E-state index contributed by atoms with van der Waals surface area (Å²) in [6.45, 7) is 6.37.